The van der Waals surface area contributed by atoms with Crippen LogP contribution in [0.4, 0.5) is 0 Å². The van der Waals surface area contributed by atoms with Crippen LogP contribution >= 0.6 is 11.3 Å². The van der Waals surface area contributed by atoms with Gasteiger partial charge in [-0.1, -0.05) is 12.8 Å². The average Bonchev–Trinajstić information content (AvgIpc) is 2.84. The van der Waals surface area contributed by atoms with Crippen molar-refractivity contribution in [2.75, 3.05) is 0 Å². The summed E-state index contributed by atoms with van der Waals surface area (Å²) in [6.07, 6.45) is 5.19. The lowest BCUT2D eigenvalue weighted by atomic mass is 10.2. The molecule has 1 N–H and O–H groups in total. The first kappa shape index (κ1) is 11.6. The van der Waals surface area contributed by atoms with Crippen LogP contribution in [0.1, 0.15) is 45.8 Å². The average molecular weight is 240 g/mol. The first-order chi connectivity index (χ1) is 7.66. The van der Waals surface area contributed by atoms with Crippen molar-refractivity contribution in [2.24, 2.45) is 0 Å². The minimum atomic E-state index is -0.847. The summed E-state index contributed by atoms with van der Waals surface area (Å²) in [6, 6.07) is 1.73. The van der Waals surface area contributed by atoms with Crippen LogP contribution in [0.15, 0.2) is 6.07 Å². The Morgan fingerprint density at radius 1 is 1.56 bits per heavy atom. The lowest BCUT2D eigenvalue weighted by Crippen LogP contribution is -2.07. The Morgan fingerprint density at radius 2 is 2.25 bits per heavy atom. The molecule has 16 heavy (non-hydrogen) atoms. The van der Waals surface area contributed by atoms with Crippen LogP contribution in [0.3, 0.4) is 0 Å². The molecule has 1 aliphatic rings. The lowest BCUT2D eigenvalue weighted by Gasteiger charge is -2.10. The highest BCUT2D eigenvalue weighted by Gasteiger charge is 2.17. The number of ether oxygens (including phenoxy) is 1. The predicted octanol–water partition coefficient (Wildman–Crippen LogP) is 3.21. The van der Waals surface area contributed by atoms with E-state index in [1.165, 1.54) is 24.2 Å². The summed E-state index contributed by atoms with van der Waals surface area (Å²) in [7, 11) is 0. The molecule has 0 aliphatic heterocycles. The summed E-state index contributed by atoms with van der Waals surface area (Å²) in [5.74, 6) is -0.847. The molecule has 0 bridgehead atoms. The van der Waals surface area contributed by atoms with E-state index in [1.54, 1.807) is 6.07 Å². The van der Waals surface area contributed by atoms with Gasteiger partial charge < -0.3 is 9.84 Å². The van der Waals surface area contributed by atoms with Crippen LogP contribution in [0.2, 0.25) is 0 Å². The van der Waals surface area contributed by atoms with Gasteiger partial charge in [0.05, 0.1) is 12.7 Å². The smallest absolute Gasteiger partial charge is 0.345 e. The molecule has 1 aromatic heterocycles. The Balaban J connectivity index is 1.95. The van der Waals surface area contributed by atoms with Gasteiger partial charge in [0.1, 0.15) is 4.88 Å². The normalized spacial score (nSPS) is 16.8. The topological polar surface area (TPSA) is 46.5 Å². The molecule has 0 spiro atoms. The number of aromatic carboxylic acids is 1. The highest BCUT2D eigenvalue weighted by Crippen LogP contribution is 2.26. The van der Waals surface area contributed by atoms with Crippen LogP contribution in [0.5, 0.6) is 0 Å². The van der Waals surface area contributed by atoms with Crippen LogP contribution in [-0.2, 0) is 11.3 Å². The van der Waals surface area contributed by atoms with E-state index in [-0.39, 0.29) is 0 Å². The third-order valence-electron chi connectivity index (χ3n) is 3.01. The summed E-state index contributed by atoms with van der Waals surface area (Å²) < 4.78 is 5.78. The molecule has 2 rings (SSSR count). The molecular formula is C12H16O3S. The molecule has 1 aromatic rings. The third-order valence-corrected chi connectivity index (χ3v) is 4.09. The SMILES string of the molecule is Cc1sc(C(=O)O)cc1COC1CCCC1. The second-order valence-corrected chi connectivity index (χ2v) is 5.47. The molecule has 0 unspecified atom stereocenters. The van der Waals surface area contributed by atoms with E-state index in [2.05, 4.69) is 0 Å². The van der Waals surface area contributed by atoms with Gasteiger partial charge in [-0.05, 0) is 31.4 Å². The zero-order valence-electron chi connectivity index (χ0n) is 9.36. The fraction of sp³-hybridized carbons (Fsp3) is 0.583. The van der Waals surface area contributed by atoms with Crippen molar-refractivity contribution in [1.29, 1.82) is 0 Å². The van der Waals surface area contributed by atoms with Crippen molar-refractivity contribution < 1.29 is 14.6 Å². The second-order valence-electron chi connectivity index (χ2n) is 4.21. The minimum Gasteiger partial charge on any atom is -0.477 e. The Morgan fingerprint density at radius 3 is 2.81 bits per heavy atom. The zero-order valence-corrected chi connectivity index (χ0v) is 10.2. The monoisotopic (exact) mass is 240 g/mol. The second kappa shape index (κ2) is 4.97. The van der Waals surface area contributed by atoms with E-state index >= 15 is 0 Å². The van der Waals surface area contributed by atoms with E-state index in [4.69, 9.17) is 9.84 Å². The van der Waals surface area contributed by atoms with Crippen molar-refractivity contribution in [1.82, 2.24) is 0 Å². The molecular weight excluding hydrogens is 224 g/mol. The van der Waals surface area contributed by atoms with E-state index in [0.717, 1.165) is 23.3 Å². The van der Waals surface area contributed by atoms with E-state index in [9.17, 15) is 4.79 Å². The number of aryl methyl sites for hydroxylation is 1. The predicted molar refractivity (Wildman–Crippen MR) is 63.1 cm³/mol. The molecule has 1 aliphatic carbocycles. The highest BCUT2D eigenvalue weighted by atomic mass is 32.1. The first-order valence-electron chi connectivity index (χ1n) is 5.61. The summed E-state index contributed by atoms with van der Waals surface area (Å²) in [4.78, 5) is 12.3. The molecule has 0 atom stereocenters. The number of rotatable bonds is 4. The Labute approximate surface area is 99.1 Å². The van der Waals surface area contributed by atoms with Crippen LogP contribution in [0.25, 0.3) is 0 Å². The van der Waals surface area contributed by atoms with Gasteiger partial charge in [0.2, 0.25) is 0 Å². The van der Waals surface area contributed by atoms with Crippen molar-refractivity contribution in [3.8, 4) is 0 Å². The summed E-state index contributed by atoms with van der Waals surface area (Å²) in [5, 5.41) is 8.87. The number of hydrogen-bond acceptors (Lipinski definition) is 3. The van der Waals surface area contributed by atoms with Gasteiger partial charge in [0, 0.05) is 4.88 Å². The van der Waals surface area contributed by atoms with Crippen LogP contribution in [-0.4, -0.2) is 17.2 Å². The van der Waals surface area contributed by atoms with Gasteiger partial charge in [-0.3, -0.25) is 0 Å². The number of carboxylic acid groups (broad SMARTS) is 1. The van der Waals surface area contributed by atoms with Gasteiger partial charge in [-0.25, -0.2) is 4.79 Å². The molecule has 0 radical (unpaired) electrons. The Kier molecular flexibility index (Phi) is 3.61. The molecule has 0 aromatic carbocycles. The van der Waals surface area contributed by atoms with Gasteiger partial charge in [-0.15, -0.1) is 11.3 Å². The minimum absolute atomic E-state index is 0.382. The molecule has 1 fully saturated rings. The lowest BCUT2D eigenvalue weighted by molar-refractivity contribution is 0.0456. The molecule has 88 valence electrons. The van der Waals surface area contributed by atoms with Gasteiger partial charge >= 0.3 is 5.97 Å². The van der Waals surface area contributed by atoms with Crippen molar-refractivity contribution in [2.45, 2.75) is 45.3 Å². The van der Waals surface area contributed by atoms with Gasteiger partial charge in [0.25, 0.3) is 0 Å². The zero-order chi connectivity index (χ0) is 11.5. The standard InChI is InChI=1S/C12H16O3S/c1-8-9(6-11(16-8)12(13)14)7-15-10-4-2-3-5-10/h6,10H,2-5,7H2,1H3,(H,13,14). The highest BCUT2D eigenvalue weighted by molar-refractivity contribution is 7.14. The number of carboxylic acids is 1. The maximum Gasteiger partial charge on any atom is 0.345 e. The Hall–Kier alpha value is -0.870. The first-order valence-corrected chi connectivity index (χ1v) is 6.42. The number of thiophene rings is 1. The largest absolute Gasteiger partial charge is 0.477 e. The number of carbonyl (C=O) groups is 1. The summed E-state index contributed by atoms with van der Waals surface area (Å²) in [6.45, 7) is 2.50. The van der Waals surface area contributed by atoms with E-state index < -0.39 is 5.97 Å². The van der Waals surface area contributed by atoms with E-state index in [1.807, 2.05) is 6.92 Å². The van der Waals surface area contributed by atoms with Crippen LogP contribution in [0, 0.1) is 6.92 Å². The summed E-state index contributed by atoms with van der Waals surface area (Å²) in [5.41, 5.74) is 1.02. The third kappa shape index (κ3) is 2.62. The van der Waals surface area contributed by atoms with E-state index in [0.29, 0.717) is 17.6 Å². The molecule has 0 amide bonds. The fourth-order valence-corrected chi connectivity index (χ4v) is 2.90. The number of hydrogen-bond donors (Lipinski definition) is 1. The molecule has 4 heteroatoms. The maximum absolute atomic E-state index is 10.8. The Bertz CT molecular complexity index is 378. The van der Waals surface area contributed by atoms with Crippen molar-refractivity contribution in [3.63, 3.8) is 0 Å². The van der Waals surface area contributed by atoms with Gasteiger partial charge in [-0.2, -0.15) is 0 Å². The summed E-state index contributed by atoms with van der Waals surface area (Å²) >= 11 is 1.33. The quantitative estimate of drug-likeness (QED) is 0.879. The molecule has 1 heterocycles. The maximum atomic E-state index is 10.8. The van der Waals surface area contributed by atoms with Gasteiger partial charge in [0.15, 0.2) is 0 Å². The molecule has 3 nitrogen and oxygen atoms in total. The van der Waals surface area contributed by atoms with Crippen molar-refractivity contribution in [3.05, 3.63) is 21.4 Å². The van der Waals surface area contributed by atoms with Crippen molar-refractivity contribution >= 4 is 17.3 Å². The van der Waals surface area contributed by atoms with Crippen LogP contribution < -0.4 is 0 Å². The fourth-order valence-electron chi connectivity index (χ4n) is 2.03. The molecule has 1 saturated carbocycles. The molecule has 0 saturated heterocycles.